The van der Waals surface area contributed by atoms with Crippen molar-refractivity contribution in [3.05, 3.63) is 46.7 Å². The number of aryl methyl sites for hydroxylation is 1. The molecule has 1 aromatic carbocycles. The molecule has 3 rings (SSSR count). The van der Waals surface area contributed by atoms with Gasteiger partial charge in [-0.25, -0.2) is 14.6 Å². The lowest BCUT2D eigenvalue weighted by molar-refractivity contribution is -0.155. The highest BCUT2D eigenvalue weighted by molar-refractivity contribution is 6.04. The molecule has 174 valence electrons. The first kappa shape index (κ1) is 24.0. The summed E-state index contributed by atoms with van der Waals surface area (Å²) in [6.07, 6.45) is 6.17. The number of hydrazone groups is 1. The number of hydrogen-bond acceptors (Lipinski definition) is 8. The van der Waals surface area contributed by atoms with Crippen molar-refractivity contribution >= 4 is 24.1 Å². The zero-order valence-electron chi connectivity index (χ0n) is 19.0. The van der Waals surface area contributed by atoms with Crippen molar-refractivity contribution in [3.63, 3.8) is 0 Å². The van der Waals surface area contributed by atoms with Crippen LogP contribution >= 0.6 is 0 Å². The Morgan fingerprint density at radius 3 is 2.39 bits per heavy atom. The molecule has 0 bridgehead atoms. The van der Waals surface area contributed by atoms with Gasteiger partial charge in [0.1, 0.15) is 0 Å². The molecule has 9 nitrogen and oxygen atoms in total. The molecule has 1 heterocycles. The Kier molecular flexibility index (Phi) is 7.83. The number of ether oxygens (including phenoxy) is 2. The van der Waals surface area contributed by atoms with Gasteiger partial charge < -0.3 is 14.8 Å². The molecule has 0 radical (unpaired) electrons. The van der Waals surface area contributed by atoms with Gasteiger partial charge in [0, 0.05) is 6.04 Å². The Bertz CT molecular complexity index is 1000. The third kappa shape index (κ3) is 5.22. The zero-order valence-corrected chi connectivity index (χ0v) is 19.0. The van der Waals surface area contributed by atoms with E-state index < -0.39 is 29.8 Å². The molecule has 1 saturated carbocycles. The number of esters is 2. The summed E-state index contributed by atoms with van der Waals surface area (Å²) in [5.74, 6) is -3.74. The van der Waals surface area contributed by atoms with Gasteiger partial charge in [0.15, 0.2) is 12.0 Å². The number of nitriles is 1. The predicted molar refractivity (Wildman–Crippen MR) is 120 cm³/mol. The fourth-order valence-corrected chi connectivity index (χ4v) is 4.12. The molecule has 0 saturated heterocycles. The van der Waals surface area contributed by atoms with Crippen LogP contribution in [0.4, 0.5) is 0 Å². The first-order valence-electron chi connectivity index (χ1n) is 10.9. The smallest absolute Gasteiger partial charge is 0.338 e. The molecule has 1 aliphatic carbocycles. The number of methoxy groups -OCH3 is 2. The quantitative estimate of drug-likeness (QED) is 0.519. The van der Waals surface area contributed by atoms with Crippen LogP contribution in [-0.2, 0) is 23.9 Å². The minimum Gasteiger partial charge on any atom is -0.467 e. The van der Waals surface area contributed by atoms with Crippen LogP contribution in [0.2, 0.25) is 0 Å². The normalized spacial score (nSPS) is 21.6. The third-order valence-electron chi connectivity index (χ3n) is 5.90. The fraction of sp³-hybridized carbons (Fsp3) is 0.458. The van der Waals surface area contributed by atoms with Gasteiger partial charge in [0.25, 0.3) is 5.91 Å². The maximum Gasteiger partial charge on any atom is 0.338 e. The van der Waals surface area contributed by atoms with Crippen LogP contribution in [0.3, 0.4) is 0 Å². The number of rotatable bonds is 6. The SMILES string of the molecule is COC(=O)C1=C(NC2CCCCC2)C(C#N)C(=O)N(/N=C/c2ccc(C)cc2)C1C(=O)OC. The van der Waals surface area contributed by atoms with Crippen molar-refractivity contribution in [1.82, 2.24) is 10.3 Å². The lowest BCUT2D eigenvalue weighted by Crippen LogP contribution is -2.55. The van der Waals surface area contributed by atoms with Crippen molar-refractivity contribution < 1.29 is 23.9 Å². The number of hydrogen-bond donors (Lipinski definition) is 1. The monoisotopic (exact) mass is 452 g/mol. The van der Waals surface area contributed by atoms with E-state index >= 15 is 0 Å². The second-order valence-electron chi connectivity index (χ2n) is 8.12. The molecular weight excluding hydrogens is 424 g/mol. The zero-order chi connectivity index (χ0) is 24.0. The maximum atomic E-state index is 13.3. The molecule has 9 heteroatoms. The van der Waals surface area contributed by atoms with Gasteiger partial charge in [0.2, 0.25) is 0 Å². The molecular formula is C24H28N4O5. The van der Waals surface area contributed by atoms with Crippen molar-refractivity contribution in [1.29, 1.82) is 5.26 Å². The van der Waals surface area contributed by atoms with E-state index in [1.54, 1.807) is 12.1 Å². The highest BCUT2D eigenvalue weighted by Crippen LogP contribution is 2.32. The summed E-state index contributed by atoms with van der Waals surface area (Å²) >= 11 is 0. The summed E-state index contributed by atoms with van der Waals surface area (Å²) in [5, 5.41) is 18.1. The molecule has 1 aromatic rings. The molecule has 1 aliphatic heterocycles. The number of amides is 1. The van der Waals surface area contributed by atoms with Crippen LogP contribution in [0.5, 0.6) is 0 Å². The van der Waals surface area contributed by atoms with Gasteiger partial charge in [-0.2, -0.15) is 10.4 Å². The molecule has 1 amide bonds. The lowest BCUT2D eigenvalue weighted by Gasteiger charge is -2.37. The van der Waals surface area contributed by atoms with Crippen molar-refractivity contribution in [3.8, 4) is 6.07 Å². The van der Waals surface area contributed by atoms with E-state index in [0.717, 1.165) is 49.8 Å². The van der Waals surface area contributed by atoms with Crippen LogP contribution in [0.1, 0.15) is 43.2 Å². The first-order chi connectivity index (χ1) is 15.9. The molecule has 2 unspecified atom stereocenters. The minimum absolute atomic E-state index is 0.0158. The number of nitrogens with zero attached hydrogens (tertiary/aromatic N) is 3. The van der Waals surface area contributed by atoms with E-state index in [-0.39, 0.29) is 17.3 Å². The van der Waals surface area contributed by atoms with Crippen LogP contribution in [0.15, 0.2) is 40.6 Å². The molecule has 2 atom stereocenters. The molecule has 1 N–H and O–H groups in total. The van der Waals surface area contributed by atoms with E-state index in [4.69, 9.17) is 9.47 Å². The number of benzene rings is 1. The van der Waals surface area contributed by atoms with Gasteiger partial charge in [-0.1, -0.05) is 49.1 Å². The first-order valence-corrected chi connectivity index (χ1v) is 10.9. The summed E-state index contributed by atoms with van der Waals surface area (Å²) < 4.78 is 9.85. The van der Waals surface area contributed by atoms with Gasteiger partial charge >= 0.3 is 11.9 Å². The molecule has 33 heavy (non-hydrogen) atoms. The van der Waals surface area contributed by atoms with Crippen LogP contribution in [-0.4, -0.2) is 55.4 Å². The summed E-state index contributed by atoms with van der Waals surface area (Å²) in [4.78, 5) is 39.0. The van der Waals surface area contributed by atoms with Gasteiger partial charge in [-0.05, 0) is 25.3 Å². The third-order valence-corrected chi connectivity index (χ3v) is 5.90. The summed E-state index contributed by atoms with van der Waals surface area (Å²) in [6.45, 7) is 1.94. The van der Waals surface area contributed by atoms with Crippen LogP contribution in [0, 0.1) is 24.2 Å². The Morgan fingerprint density at radius 1 is 1.15 bits per heavy atom. The number of carbonyl (C=O) groups excluding carboxylic acids is 3. The Hall–Kier alpha value is -3.67. The molecule has 0 spiro atoms. The summed E-state index contributed by atoms with van der Waals surface area (Å²) in [7, 11) is 2.34. The molecule has 2 aliphatic rings. The highest BCUT2D eigenvalue weighted by atomic mass is 16.5. The van der Waals surface area contributed by atoms with Crippen LogP contribution < -0.4 is 5.32 Å². The Morgan fingerprint density at radius 2 is 1.82 bits per heavy atom. The van der Waals surface area contributed by atoms with E-state index in [9.17, 15) is 19.6 Å². The van der Waals surface area contributed by atoms with Crippen molar-refractivity contribution in [2.75, 3.05) is 14.2 Å². The van der Waals surface area contributed by atoms with E-state index in [1.807, 2.05) is 25.1 Å². The lowest BCUT2D eigenvalue weighted by atomic mass is 9.88. The standard InChI is InChI=1S/C24H28N4O5/c1-15-9-11-16(12-10-15)14-26-28-21(24(31)33-3)19(23(30)32-2)20(18(13-25)22(28)29)27-17-7-5-4-6-8-17/h9-12,14,17-18,21,27H,4-8H2,1-3H3/b26-14+. The minimum atomic E-state index is -1.48. The molecule has 1 fully saturated rings. The summed E-state index contributed by atoms with van der Waals surface area (Å²) in [6, 6.07) is 7.83. The van der Waals surface area contributed by atoms with E-state index in [0.29, 0.717) is 5.56 Å². The van der Waals surface area contributed by atoms with Gasteiger partial charge in [-0.3, -0.25) is 4.79 Å². The van der Waals surface area contributed by atoms with Crippen LogP contribution in [0.25, 0.3) is 0 Å². The van der Waals surface area contributed by atoms with Gasteiger partial charge in [0.05, 0.1) is 37.8 Å². The Balaban J connectivity index is 2.10. The van der Waals surface area contributed by atoms with Gasteiger partial charge in [-0.15, -0.1) is 0 Å². The largest absolute Gasteiger partial charge is 0.467 e. The van der Waals surface area contributed by atoms with Crippen molar-refractivity contribution in [2.45, 2.75) is 51.1 Å². The Labute approximate surface area is 193 Å². The predicted octanol–water partition coefficient (Wildman–Crippen LogP) is 2.20. The highest BCUT2D eigenvalue weighted by Gasteiger charge is 2.49. The fourth-order valence-electron chi connectivity index (χ4n) is 4.12. The second-order valence-corrected chi connectivity index (χ2v) is 8.12. The number of nitrogens with one attached hydrogen (secondary N) is 1. The maximum absolute atomic E-state index is 13.3. The van der Waals surface area contributed by atoms with E-state index in [2.05, 4.69) is 10.4 Å². The average molecular weight is 453 g/mol. The van der Waals surface area contributed by atoms with Crippen molar-refractivity contribution in [2.24, 2.45) is 11.0 Å². The topological polar surface area (TPSA) is 121 Å². The molecule has 0 aromatic heterocycles. The number of carbonyl (C=O) groups is 3. The van der Waals surface area contributed by atoms with E-state index in [1.165, 1.54) is 13.3 Å². The average Bonchev–Trinajstić information content (AvgIpc) is 2.84. The summed E-state index contributed by atoms with van der Waals surface area (Å²) in [5.41, 5.74) is 1.69. The second kappa shape index (κ2) is 10.8.